The zero-order valence-corrected chi connectivity index (χ0v) is 11.7. The number of benzene rings is 1. The van der Waals surface area contributed by atoms with Gasteiger partial charge in [0.15, 0.2) is 0 Å². The van der Waals surface area contributed by atoms with Crippen LogP contribution in [-0.4, -0.2) is 26.6 Å². The number of alkyl halides is 1. The minimum Gasteiger partial charge on any atom is -0.478 e. The first-order valence-electron chi connectivity index (χ1n) is 5.68. The number of fused-ring (bicyclic) bond motifs is 1. The van der Waals surface area contributed by atoms with Gasteiger partial charge in [-0.05, 0) is 12.5 Å². The highest BCUT2D eigenvalue weighted by atomic mass is 79.9. The van der Waals surface area contributed by atoms with Crippen LogP contribution in [0.5, 0.6) is 0 Å². The summed E-state index contributed by atoms with van der Waals surface area (Å²) in [5.74, 6) is -2.50. The third-order valence-corrected chi connectivity index (χ3v) is 4.25. The Hall–Kier alpha value is -1.82. The van der Waals surface area contributed by atoms with Crippen molar-refractivity contribution >= 4 is 39.1 Å². The lowest BCUT2D eigenvalue weighted by atomic mass is 9.88. The largest absolute Gasteiger partial charge is 0.478 e. The predicted octanol–water partition coefficient (Wildman–Crippen LogP) is 2.54. The van der Waals surface area contributed by atoms with Crippen molar-refractivity contribution in [1.29, 1.82) is 0 Å². The highest BCUT2D eigenvalue weighted by molar-refractivity contribution is 9.10. The van der Waals surface area contributed by atoms with Crippen molar-refractivity contribution in [3.05, 3.63) is 35.4 Å². The topological polar surface area (TPSA) is 86.6 Å². The van der Waals surface area contributed by atoms with E-state index < -0.39 is 16.4 Å². The maximum absolute atomic E-state index is 11.5. The fourth-order valence-electron chi connectivity index (χ4n) is 2.18. The lowest BCUT2D eigenvalue weighted by Crippen LogP contribution is -2.41. The average molecular weight is 326 g/mol. The van der Waals surface area contributed by atoms with Gasteiger partial charge in [0, 0.05) is 11.3 Å². The van der Waals surface area contributed by atoms with Crippen LogP contribution in [0.2, 0.25) is 0 Å². The van der Waals surface area contributed by atoms with E-state index in [2.05, 4.69) is 21.2 Å². The number of para-hydroxylation sites is 1. The van der Waals surface area contributed by atoms with Crippen molar-refractivity contribution in [2.75, 3.05) is 5.32 Å². The number of anilines is 1. The summed E-state index contributed by atoms with van der Waals surface area (Å²) < 4.78 is -1.08. The lowest BCUT2D eigenvalue weighted by molar-refractivity contribution is -0.134. The summed E-state index contributed by atoms with van der Waals surface area (Å²) in [6, 6.07) is 6.76. The number of rotatable bonds is 3. The summed E-state index contributed by atoms with van der Waals surface area (Å²) in [6.07, 6.45) is 0.389. The molecule has 2 rings (SSSR count). The minimum atomic E-state index is -1.25. The number of carboxylic acid groups (broad SMARTS) is 2. The zero-order valence-electron chi connectivity index (χ0n) is 10.1. The van der Waals surface area contributed by atoms with E-state index in [9.17, 15) is 19.8 Å². The van der Waals surface area contributed by atoms with Gasteiger partial charge in [0.25, 0.3) is 0 Å². The lowest BCUT2D eigenvalue weighted by Gasteiger charge is -2.35. The van der Waals surface area contributed by atoms with Gasteiger partial charge in [0.2, 0.25) is 0 Å². The van der Waals surface area contributed by atoms with Gasteiger partial charge in [-0.1, -0.05) is 41.1 Å². The molecule has 6 heteroatoms. The van der Waals surface area contributed by atoms with Crippen LogP contribution in [0, 0.1) is 0 Å². The second-order valence-electron chi connectivity index (χ2n) is 4.19. The van der Waals surface area contributed by atoms with Crippen LogP contribution in [0.3, 0.4) is 0 Å². The molecule has 0 spiro atoms. The molecule has 3 N–H and O–H groups in total. The van der Waals surface area contributed by atoms with Gasteiger partial charge in [0.05, 0.1) is 11.1 Å². The Morgan fingerprint density at radius 1 is 1.26 bits per heavy atom. The molecule has 1 atom stereocenters. The van der Waals surface area contributed by atoms with Crippen molar-refractivity contribution in [1.82, 2.24) is 0 Å². The number of halogens is 1. The Morgan fingerprint density at radius 3 is 2.42 bits per heavy atom. The molecule has 19 heavy (non-hydrogen) atoms. The molecule has 1 heterocycles. The van der Waals surface area contributed by atoms with Gasteiger partial charge in [0.1, 0.15) is 4.45 Å². The molecular formula is C13H12BrNO4. The van der Waals surface area contributed by atoms with E-state index in [4.69, 9.17) is 0 Å². The van der Waals surface area contributed by atoms with Crippen molar-refractivity contribution in [2.45, 2.75) is 17.8 Å². The van der Waals surface area contributed by atoms with Crippen LogP contribution in [-0.2, 0) is 9.59 Å². The second kappa shape index (κ2) is 4.70. The minimum absolute atomic E-state index is 0.179. The maximum atomic E-state index is 11.5. The first-order chi connectivity index (χ1) is 8.90. The summed E-state index contributed by atoms with van der Waals surface area (Å²) >= 11 is 3.33. The van der Waals surface area contributed by atoms with E-state index in [1.165, 1.54) is 0 Å². The number of carbonyl (C=O) groups is 2. The van der Waals surface area contributed by atoms with Gasteiger partial charge in [-0.2, -0.15) is 0 Å². The molecule has 1 aromatic carbocycles. The predicted molar refractivity (Wildman–Crippen MR) is 74.2 cm³/mol. The number of carboxylic acids is 2. The van der Waals surface area contributed by atoms with Crippen molar-refractivity contribution < 1.29 is 19.8 Å². The zero-order chi connectivity index (χ0) is 14.2. The average Bonchev–Trinajstić information content (AvgIpc) is 2.36. The molecule has 0 amide bonds. The molecule has 1 aliphatic heterocycles. The van der Waals surface area contributed by atoms with Gasteiger partial charge in [-0.25, -0.2) is 9.59 Å². The SMILES string of the molecule is CCC1(Br)Nc2ccccc2C(C(=O)O)=C1C(=O)O. The molecule has 1 unspecified atom stereocenters. The monoisotopic (exact) mass is 325 g/mol. The van der Waals surface area contributed by atoms with Gasteiger partial charge in [-0.15, -0.1) is 0 Å². The Balaban J connectivity index is 2.82. The van der Waals surface area contributed by atoms with E-state index in [0.29, 0.717) is 17.7 Å². The molecule has 1 aliphatic rings. The van der Waals surface area contributed by atoms with Crippen LogP contribution in [0.25, 0.3) is 5.57 Å². The van der Waals surface area contributed by atoms with Crippen molar-refractivity contribution in [2.24, 2.45) is 0 Å². The van der Waals surface area contributed by atoms with Crippen LogP contribution in [0.1, 0.15) is 18.9 Å². The molecule has 1 aromatic rings. The number of nitrogens with one attached hydrogen (secondary N) is 1. The standard InChI is InChI=1S/C13H12BrNO4/c1-2-13(14)10(12(18)19)9(11(16)17)7-5-3-4-6-8(7)15-13/h3-6,15H,2H2,1H3,(H,16,17)(H,18,19). The molecular weight excluding hydrogens is 314 g/mol. The quantitative estimate of drug-likeness (QED) is 0.587. The molecule has 0 aromatic heterocycles. The molecule has 0 aliphatic carbocycles. The number of hydrogen-bond acceptors (Lipinski definition) is 3. The Morgan fingerprint density at radius 2 is 1.89 bits per heavy atom. The molecule has 0 fully saturated rings. The van der Waals surface area contributed by atoms with E-state index >= 15 is 0 Å². The number of hydrogen-bond donors (Lipinski definition) is 3. The Kier molecular flexibility index (Phi) is 3.36. The first-order valence-corrected chi connectivity index (χ1v) is 6.48. The van der Waals surface area contributed by atoms with E-state index in [-0.39, 0.29) is 11.1 Å². The molecule has 0 saturated heterocycles. The van der Waals surface area contributed by atoms with Gasteiger partial charge < -0.3 is 15.5 Å². The Labute approximate surface area is 118 Å². The van der Waals surface area contributed by atoms with Crippen LogP contribution >= 0.6 is 15.9 Å². The molecule has 0 radical (unpaired) electrons. The van der Waals surface area contributed by atoms with Crippen LogP contribution in [0.4, 0.5) is 5.69 Å². The number of aliphatic carboxylic acids is 2. The summed E-state index contributed by atoms with van der Waals surface area (Å²) in [5.41, 5.74) is 0.626. The van der Waals surface area contributed by atoms with Crippen molar-refractivity contribution in [3.63, 3.8) is 0 Å². The van der Waals surface area contributed by atoms with E-state index in [0.717, 1.165) is 0 Å². The summed E-state index contributed by atoms with van der Waals surface area (Å²) in [6.45, 7) is 1.78. The van der Waals surface area contributed by atoms with Crippen molar-refractivity contribution in [3.8, 4) is 0 Å². The normalized spacial score (nSPS) is 21.6. The van der Waals surface area contributed by atoms with Gasteiger partial charge >= 0.3 is 11.9 Å². The highest BCUT2D eigenvalue weighted by Crippen LogP contribution is 2.44. The Bertz CT molecular complexity index is 596. The second-order valence-corrected chi connectivity index (χ2v) is 5.54. The summed E-state index contributed by atoms with van der Waals surface area (Å²) in [4.78, 5) is 22.9. The highest BCUT2D eigenvalue weighted by Gasteiger charge is 2.43. The third-order valence-electron chi connectivity index (χ3n) is 3.09. The molecule has 0 saturated carbocycles. The summed E-state index contributed by atoms with van der Waals surface area (Å²) in [7, 11) is 0. The summed E-state index contributed by atoms with van der Waals surface area (Å²) in [5, 5.41) is 21.8. The third kappa shape index (κ3) is 2.12. The van der Waals surface area contributed by atoms with Crippen LogP contribution < -0.4 is 5.32 Å². The smallest absolute Gasteiger partial charge is 0.337 e. The van der Waals surface area contributed by atoms with Gasteiger partial charge in [-0.3, -0.25) is 0 Å². The van der Waals surface area contributed by atoms with E-state index in [1.807, 2.05) is 0 Å². The maximum Gasteiger partial charge on any atom is 0.337 e. The fraction of sp³-hybridized carbons (Fsp3) is 0.231. The molecule has 0 bridgehead atoms. The van der Waals surface area contributed by atoms with Crippen LogP contribution in [0.15, 0.2) is 29.8 Å². The first kappa shape index (κ1) is 13.6. The molecule has 100 valence electrons. The molecule has 5 nitrogen and oxygen atoms in total. The van der Waals surface area contributed by atoms with E-state index in [1.54, 1.807) is 31.2 Å². The fourth-order valence-corrected chi connectivity index (χ4v) is 2.76.